The van der Waals surface area contributed by atoms with Crippen LogP contribution >= 0.6 is 0 Å². The Morgan fingerprint density at radius 3 is 2.85 bits per heavy atom. The molecule has 0 spiro atoms. The summed E-state index contributed by atoms with van der Waals surface area (Å²) in [6, 6.07) is 0. The molecule has 1 aromatic rings. The SMILES string of the molecule is CCCN1CCCN(C(=O)c2cnnn2CC)CC1=O. The molecule has 0 unspecified atom stereocenters. The smallest absolute Gasteiger partial charge is 0.274 e. The van der Waals surface area contributed by atoms with E-state index < -0.39 is 0 Å². The fraction of sp³-hybridized carbons (Fsp3) is 0.692. The van der Waals surface area contributed by atoms with E-state index in [2.05, 4.69) is 10.3 Å². The van der Waals surface area contributed by atoms with Crippen molar-refractivity contribution in [2.75, 3.05) is 26.2 Å². The standard InChI is InChI=1S/C13H21N5O2/c1-3-6-16-7-5-8-17(10-12(16)19)13(20)11-9-14-15-18(11)4-2/h9H,3-8,10H2,1-2H3. The summed E-state index contributed by atoms with van der Waals surface area (Å²) < 4.78 is 1.56. The van der Waals surface area contributed by atoms with Gasteiger partial charge in [0.15, 0.2) is 0 Å². The Bertz CT molecular complexity index is 485. The van der Waals surface area contributed by atoms with Crippen molar-refractivity contribution >= 4 is 11.8 Å². The second kappa shape index (κ2) is 6.49. The number of aryl methyl sites for hydroxylation is 1. The summed E-state index contributed by atoms with van der Waals surface area (Å²) in [5.74, 6) is -0.142. The molecule has 7 heteroatoms. The van der Waals surface area contributed by atoms with Gasteiger partial charge in [-0.3, -0.25) is 9.59 Å². The average Bonchev–Trinajstić information content (AvgIpc) is 2.85. The minimum Gasteiger partial charge on any atom is -0.341 e. The van der Waals surface area contributed by atoms with Crippen LogP contribution in [0.3, 0.4) is 0 Å². The van der Waals surface area contributed by atoms with Gasteiger partial charge in [-0.05, 0) is 19.8 Å². The van der Waals surface area contributed by atoms with Crippen molar-refractivity contribution in [3.05, 3.63) is 11.9 Å². The Morgan fingerprint density at radius 2 is 2.15 bits per heavy atom. The van der Waals surface area contributed by atoms with Gasteiger partial charge in [0.2, 0.25) is 5.91 Å². The highest BCUT2D eigenvalue weighted by Gasteiger charge is 2.26. The lowest BCUT2D eigenvalue weighted by Crippen LogP contribution is -2.40. The van der Waals surface area contributed by atoms with Crippen molar-refractivity contribution in [3.8, 4) is 0 Å². The van der Waals surface area contributed by atoms with E-state index in [1.165, 1.54) is 6.20 Å². The molecule has 0 atom stereocenters. The van der Waals surface area contributed by atoms with Crippen LogP contribution in [-0.4, -0.2) is 62.8 Å². The quantitative estimate of drug-likeness (QED) is 0.799. The highest BCUT2D eigenvalue weighted by Crippen LogP contribution is 2.09. The molecule has 110 valence electrons. The average molecular weight is 279 g/mol. The van der Waals surface area contributed by atoms with E-state index in [4.69, 9.17) is 0 Å². The maximum Gasteiger partial charge on any atom is 0.274 e. The third-order valence-electron chi connectivity index (χ3n) is 3.45. The number of hydrogen-bond acceptors (Lipinski definition) is 4. The number of rotatable bonds is 4. The minimum absolute atomic E-state index is 0.0215. The number of nitrogens with zero attached hydrogens (tertiary/aromatic N) is 5. The first-order chi connectivity index (χ1) is 9.67. The zero-order valence-electron chi connectivity index (χ0n) is 12.1. The van der Waals surface area contributed by atoms with Crippen LogP contribution in [0.5, 0.6) is 0 Å². The first kappa shape index (κ1) is 14.5. The van der Waals surface area contributed by atoms with Crippen LogP contribution < -0.4 is 0 Å². The van der Waals surface area contributed by atoms with Crippen molar-refractivity contribution in [1.82, 2.24) is 24.8 Å². The van der Waals surface area contributed by atoms with Gasteiger partial charge in [-0.1, -0.05) is 12.1 Å². The van der Waals surface area contributed by atoms with E-state index in [9.17, 15) is 9.59 Å². The summed E-state index contributed by atoms with van der Waals surface area (Å²) in [5.41, 5.74) is 0.448. The molecule has 0 N–H and O–H groups in total. The van der Waals surface area contributed by atoms with E-state index in [1.54, 1.807) is 9.58 Å². The molecule has 1 aromatic heterocycles. The number of carbonyl (C=O) groups excluding carboxylic acids is 2. The van der Waals surface area contributed by atoms with Crippen LogP contribution in [0.15, 0.2) is 6.20 Å². The molecule has 2 heterocycles. The van der Waals surface area contributed by atoms with Gasteiger partial charge in [-0.25, -0.2) is 4.68 Å². The van der Waals surface area contributed by atoms with E-state index in [0.717, 1.165) is 25.9 Å². The molecule has 2 rings (SSSR count). The first-order valence-electron chi connectivity index (χ1n) is 7.12. The third-order valence-corrected chi connectivity index (χ3v) is 3.45. The highest BCUT2D eigenvalue weighted by atomic mass is 16.2. The predicted molar refractivity (Wildman–Crippen MR) is 73.1 cm³/mol. The van der Waals surface area contributed by atoms with Crippen molar-refractivity contribution in [2.45, 2.75) is 33.2 Å². The zero-order chi connectivity index (χ0) is 14.5. The van der Waals surface area contributed by atoms with E-state index in [1.807, 2.05) is 18.7 Å². The molecule has 1 aliphatic rings. The van der Waals surface area contributed by atoms with Gasteiger partial charge in [-0.2, -0.15) is 0 Å². The van der Waals surface area contributed by atoms with E-state index >= 15 is 0 Å². The fourth-order valence-corrected chi connectivity index (χ4v) is 2.42. The zero-order valence-corrected chi connectivity index (χ0v) is 12.1. The molecule has 1 aliphatic heterocycles. The van der Waals surface area contributed by atoms with Gasteiger partial charge in [0.1, 0.15) is 12.2 Å². The van der Waals surface area contributed by atoms with E-state index in [-0.39, 0.29) is 18.4 Å². The highest BCUT2D eigenvalue weighted by molar-refractivity contribution is 5.95. The van der Waals surface area contributed by atoms with Gasteiger partial charge < -0.3 is 9.80 Å². The largest absolute Gasteiger partial charge is 0.341 e. The van der Waals surface area contributed by atoms with Gasteiger partial charge in [0, 0.05) is 26.2 Å². The molecular weight excluding hydrogens is 258 g/mol. The third kappa shape index (κ3) is 2.97. The van der Waals surface area contributed by atoms with Crippen LogP contribution in [0.1, 0.15) is 37.2 Å². The Kier molecular flexibility index (Phi) is 4.70. The summed E-state index contributed by atoms with van der Waals surface area (Å²) in [6.45, 7) is 6.77. The summed E-state index contributed by atoms with van der Waals surface area (Å²) in [5, 5.41) is 7.63. The molecular formula is C13H21N5O2. The number of aromatic nitrogens is 3. The van der Waals surface area contributed by atoms with Crippen LogP contribution in [-0.2, 0) is 11.3 Å². The van der Waals surface area contributed by atoms with Crippen LogP contribution in [0.4, 0.5) is 0 Å². The van der Waals surface area contributed by atoms with E-state index in [0.29, 0.717) is 18.8 Å². The molecule has 2 amide bonds. The maximum absolute atomic E-state index is 12.5. The Labute approximate surface area is 118 Å². The van der Waals surface area contributed by atoms with Gasteiger partial charge in [-0.15, -0.1) is 5.10 Å². The lowest BCUT2D eigenvalue weighted by Gasteiger charge is -2.21. The fourth-order valence-electron chi connectivity index (χ4n) is 2.42. The lowest BCUT2D eigenvalue weighted by molar-refractivity contribution is -0.130. The molecule has 20 heavy (non-hydrogen) atoms. The van der Waals surface area contributed by atoms with Crippen molar-refractivity contribution in [2.24, 2.45) is 0 Å². The van der Waals surface area contributed by atoms with Crippen LogP contribution in [0, 0.1) is 0 Å². The topological polar surface area (TPSA) is 71.3 Å². The Hall–Kier alpha value is -1.92. The normalized spacial score (nSPS) is 16.4. The Balaban J connectivity index is 2.09. The second-order valence-corrected chi connectivity index (χ2v) is 4.90. The summed E-state index contributed by atoms with van der Waals surface area (Å²) in [4.78, 5) is 28.0. The number of carbonyl (C=O) groups is 2. The van der Waals surface area contributed by atoms with Gasteiger partial charge in [0.25, 0.3) is 5.91 Å². The summed E-state index contributed by atoms with van der Waals surface area (Å²) >= 11 is 0. The van der Waals surface area contributed by atoms with Crippen molar-refractivity contribution < 1.29 is 9.59 Å². The molecule has 0 aliphatic carbocycles. The van der Waals surface area contributed by atoms with Gasteiger partial charge in [0.05, 0.1) is 6.20 Å². The monoisotopic (exact) mass is 279 g/mol. The lowest BCUT2D eigenvalue weighted by atomic mass is 10.3. The molecule has 0 radical (unpaired) electrons. The predicted octanol–water partition coefficient (Wildman–Crippen LogP) is 0.382. The van der Waals surface area contributed by atoms with Crippen LogP contribution in [0.25, 0.3) is 0 Å². The first-order valence-corrected chi connectivity index (χ1v) is 7.12. The summed E-state index contributed by atoms with van der Waals surface area (Å²) in [6.07, 6.45) is 3.21. The van der Waals surface area contributed by atoms with Crippen LogP contribution in [0.2, 0.25) is 0 Å². The van der Waals surface area contributed by atoms with Gasteiger partial charge >= 0.3 is 0 Å². The summed E-state index contributed by atoms with van der Waals surface area (Å²) in [7, 11) is 0. The number of hydrogen-bond donors (Lipinski definition) is 0. The van der Waals surface area contributed by atoms with Crippen molar-refractivity contribution in [1.29, 1.82) is 0 Å². The molecule has 0 aromatic carbocycles. The second-order valence-electron chi connectivity index (χ2n) is 4.90. The maximum atomic E-state index is 12.5. The molecule has 1 saturated heterocycles. The Morgan fingerprint density at radius 1 is 1.35 bits per heavy atom. The molecule has 1 fully saturated rings. The minimum atomic E-state index is -0.163. The number of amides is 2. The van der Waals surface area contributed by atoms with Crippen molar-refractivity contribution in [3.63, 3.8) is 0 Å². The molecule has 0 bridgehead atoms. The molecule has 0 saturated carbocycles. The molecule has 7 nitrogen and oxygen atoms in total.